The van der Waals surface area contributed by atoms with Crippen LogP contribution in [0.4, 0.5) is 16.5 Å². The Hall–Kier alpha value is -2.81. The largest absolute Gasteiger partial charge is 0.495 e. The van der Waals surface area contributed by atoms with Crippen molar-refractivity contribution >= 4 is 33.7 Å². The minimum absolute atomic E-state index is 0.0556. The molecule has 0 aliphatic heterocycles. The number of methoxy groups -OCH3 is 1. The molecule has 0 aliphatic carbocycles. The van der Waals surface area contributed by atoms with E-state index in [2.05, 4.69) is 36.8 Å². The number of urea groups is 1. The van der Waals surface area contributed by atoms with Crippen LogP contribution in [0.3, 0.4) is 0 Å². The number of benzene rings is 1. The molecule has 3 aromatic rings. The summed E-state index contributed by atoms with van der Waals surface area (Å²) in [6, 6.07) is 9.78. The normalized spacial score (nSPS) is 10.3. The fourth-order valence-electron chi connectivity index (χ4n) is 1.80. The molecule has 0 bridgehead atoms. The molecule has 2 heterocycles. The highest BCUT2D eigenvalue weighted by Gasteiger charge is 2.14. The molecule has 2 N–H and O–H groups in total. The number of para-hydroxylation sites is 2. The Morgan fingerprint density at radius 2 is 1.96 bits per heavy atom. The maximum Gasteiger partial charge on any atom is 0.327 e. The van der Waals surface area contributed by atoms with Gasteiger partial charge in [-0.1, -0.05) is 17.2 Å². The minimum atomic E-state index is -0.537. The monoisotopic (exact) mass is 378 g/mol. The summed E-state index contributed by atoms with van der Waals surface area (Å²) >= 11 is 3.18. The Labute approximate surface area is 139 Å². The maximum atomic E-state index is 12.0. The number of carbonyl (C=O) groups excluding carboxylic acids is 1. The molecular weight excluding hydrogens is 368 g/mol. The van der Waals surface area contributed by atoms with Gasteiger partial charge in [-0.25, -0.2) is 4.79 Å². The van der Waals surface area contributed by atoms with Gasteiger partial charge in [-0.2, -0.15) is 0 Å². The topological polar surface area (TPSA) is 102 Å². The lowest BCUT2D eigenvalue weighted by molar-refractivity contribution is 0.261. The molecule has 0 unspecified atom stereocenters. The summed E-state index contributed by atoms with van der Waals surface area (Å²) in [4.78, 5) is 12.0. The highest BCUT2D eigenvalue weighted by molar-refractivity contribution is 9.10. The third-order valence-electron chi connectivity index (χ3n) is 2.78. The van der Waals surface area contributed by atoms with Crippen molar-refractivity contribution in [2.45, 2.75) is 0 Å². The first-order chi connectivity index (χ1) is 11.2. The summed E-state index contributed by atoms with van der Waals surface area (Å²) in [7, 11) is 1.52. The first kappa shape index (κ1) is 15.1. The lowest BCUT2D eigenvalue weighted by atomic mass is 10.3. The highest BCUT2D eigenvalue weighted by Crippen LogP contribution is 2.25. The van der Waals surface area contributed by atoms with Gasteiger partial charge in [-0.15, -0.1) is 5.10 Å². The van der Waals surface area contributed by atoms with E-state index in [1.165, 1.54) is 7.11 Å². The molecule has 23 heavy (non-hydrogen) atoms. The van der Waals surface area contributed by atoms with Crippen LogP contribution in [0.5, 0.6) is 5.75 Å². The summed E-state index contributed by atoms with van der Waals surface area (Å²) in [6.07, 6.45) is 0. The van der Waals surface area contributed by atoms with E-state index in [9.17, 15) is 4.79 Å². The zero-order valence-corrected chi connectivity index (χ0v) is 13.5. The standard InChI is InChI=1S/C14H11BrN4O4/c1-21-9-5-3-2-4-8(9)16-13(20)17-14-19-18-12(23-14)10-6-7-11(15)22-10/h2-7H,1H3,(H2,16,17,19,20). The van der Waals surface area contributed by atoms with Crippen molar-refractivity contribution < 1.29 is 18.4 Å². The molecule has 1 aromatic carbocycles. The molecule has 0 atom stereocenters. The molecule has 0 saturated heterocycles. The van der Waals surface area contributed by atoms with E-state index in [1.807, 2.05) is 0 Å². The van der Waals surface area contributed by atoms with Crippen LogP contribution >= 0.6 is 15.9 Å². The Kier molecular flexibility index (Phi) is 4.29. The lowest BCUT2D eigenvalue weighted by Crippen LogP contribution is -2.20. The van der Waals surface area contributed by atoms with Crippen molar-refractivity contribution in [3.63, 3.8) is 0 Å². The number of hydrogen-bond donors (Lipinski definition) is 2. The number of aromatic nitrogens is 2. The number of rotatable bonds is 4. The minimum Gasteiger partial charge on any atom is -0.495 e. The van der Waals surface area contributed by atoms with Gasteiger partial charge in [0.15, 0.2) is 10.4 Å². The van der Waals surface area contributed by atoms with E-state index in [0.717, 1.165) is 0 Å². The zero-order chi connectivity index (χ0) is 16.2. The molecule has 0 aliphatic rings. The van der Waals surface area contributed by atoms with E-state index < -0.39 is 6.03 Å². The van der Waals surface area contributed by atoms with Crippen molar-refractivity contribution in [1.29, 1.82) is 0 Å². The summed E-state index contributed by atoms with van der Waals surface area (Å²) in [5.41, 5.74) is 0.516. The van der Waals surface area contributed by atoms with Crippen molar-refractivity contribution in [3.05, 3.63) is 41.1 Å². The molecular formula is C14H11BrN4O4. The van der Waals surface area contributed by atoms with Gasteiger partial charge in [0, 0.05) is 0 Å². The van der Waals surface area contributed by atoms with Crippen molar-refractivity contribution in [2.24, 2.45) is 0 Å². The van der Waals surface area contributed by atoms with Crippen LogP contribution in [0, 0.1) is 0 Å². The molecule has 8 nitrogen and oxygen atoms in total. The molecule has 2 aromatic heterocycles. The second kappa shape index (κ2) is 6.53. The highest BCUT2D eigenvalue weighted by atomic mass is 79.9. The third kappa shape index (κ3) is 3.51. The molecule has 0 radical (unpaired) electrons. The average molecular weight is 379 g/mol. The van der Waals surface area contributed by atoms with Crippen LogP contribution in [0.15, 0.2) is 49.9 Å². The van der Waals surface area contributed by atoms with Crippen molar-refractivity contribution in [3.8, 4) is 17.4 Å². The predicted molar refractivity (Wildman–Crippen MR) is 85.3 cm³/mol. The Morgan fingerprint density at radius 1 is 1.13 bits per heavy atom. The van der Waals surface area contributed by atoms with Crippen molar-refractivity contribution in [1.82, 2.24) is 10.2 Å². The van der Waals surface area contributed by atoms with Gasteiger partial charge < -0.3 is 18.9 Å². The van der Waals surface area contributed by atoms with E-state index in [1.54, 1.807) is 36.4 Å². The molecule has 0 saturated carbocycles. The predicted octanol–water partition coefficient (Wildman–Crippen LogP) is 3.74. The lowest BCUT2D eigenvalue weighted by Gasteiger charge is -2.09. The van der Waals surface area contributed by atoms with Gasteiger partial charge in [-0.05, 0) is 40.2 Å². The number of amides is 2. The van der Waals surface area contributed by atoms with Gasteiger partial charge in [0.1, 0.15) is 5.75 Å². The molecule has 9 heteroatoms. The average Bonchev–Trinajstić information content (AvgIpc) is 3.16. The first-order valence-electron chi connectivity index (χ1n) is 6.46. The number of nitrogens with one attached hydrogen (secondary N) is 2. The fraction of sp³-hybridized carbons (Fsp3) is 0.0714. The molecule has 0 fully saturated rings. The van der Waals surface area contributed by atoms with Gasteiger partial charge in [-0.3, -0.25) is 5.32 Å². The number of furan rings is 1. The van der Waals surface area contributed by atoms with Crippen LogP contribution in [0.1, 0.15) is 0 Å². The third-order valence-corrected chi connectivity index (χ3v) is 3.21. The van der Waals surface area contributed by atoms with Crippen LogP contribution in [-0.4, -0.2) is 23.3 Å². The summed E-state index contributed by atoms with van der Waals surface area (Å²) < 4.78 is 16.3. The smallest absolute Gasteiger partial charge is 0.327 e. The zero-order valence-electron chi connectivity index (χ0n) is 11.9. The number of carbonyl (C=O) groups is 1. The SMILES string of the molecule is COc1ccccc1NC(=O)Nc1nnc(-c2ccc(Br)o2)o1. The van der Waals surface area contributed by atoms with Crippen molar-refractivity contribution in [2.75, 3.05) is 17.7 Å². The summed E-state index contributed by atoms with van der Waals surface area (Å²) in [6.45, 7) is 0. The maximum absolute atomic E-state index is 12.0. The van der Waals surface area contributed by atoms with E-state index in [-0.39, 0.29) is 11.9 Å². The fourth-order valence-corrected chi connectivity index (χ4v) is 2.11. The van der Waals surface area contributed by atoms with Gasteiger partial charge in [0.25, 0.3) is 5.89 Å². The van der Waals surface area contributed by atoms with E-state index in [4.69, 9.17) is 13.6 Å². The molecule has 0 spiro atoms. The molecule has 2 amide bonds. The number of anilines is 2. The number of ether oxygens (including phenoxy) is 1. The summed E-state index contributed by atoms with van der Waals surface area (Å²) in [5.74, 6) is 1.08. The van der Waals surface area contributed by atoms with Crippen LogP contribution < -0.4 is 15.4 Å². The number of hydrogen-bond acceptors (Lipinski definition) is 6. The van der Waals surface area contributed by atoms with Crippen LogP contribution in [0.25, 0.3) is 11.7 Å². The molecule has 118 valence electrons. The quantitative estimate of drug-likeness (QED) is 0.716. The second-order valence-corrected chi connectivity index (χ2v) is 5.08. The second-order valence-electron chi connectivity index (χ2n) is 4.30. The Bertz CT molecular complexity index is 830. The van der Waals surface area contributed by atoms with Crippen LogP contribution in [0.2, 0.25) is 0 Å². The van der Waals surface area contributed by atoms with E-state index >= 15 is 0 Å². The molecule has 3 rings (SSSR count). The van der Waals surface area contributed by atoms with Gasteiger partial charge in [0.05, 0.1) is 12.8 Å². The van der Waals surface area contributed by atoms with Gasteiger partial charge in [0.2, 0.25) is 0 Å². The Morgan fingerprint density at radius 3 is 2.70 bits per heavy atom. The summed E-state index contributed by atoms with van der Waals surface area (Å²) in [5, 5.41) is 12.6. The number of halogens is 1. The van der Waals surface area contributed by atoms with Crippen LogP contribution in [-0.2, 0) is 0 Å². The van der Waals surface area contributed by atoms with E-state index in [0.29, 0.717) is 21.9 Å². The Balaban J connectivity index is 1.68. The first-order valence-corrected chi connectivity index (χ1v) is 7.25. The number of nitrogens with zero attached hydrogens (tertiary/aromatic N) is 2. The van der Waals surface area contributed by atoms with Gasteiger partial charge >= 0.3 is 12.0 Å².